The summed E-state index contributed by atoms with van der Waals surface area (Å²) in [6, 6.07) is 19.3. The summed E-state index contributed by atoms with van der Waals surface area (Å²) in [6.07, 6.45) is 1.61. The summed E-state index contributed by atoms with van der Waals surface area (Å²) in [7, 11) is 0. The van der Waals surface area contributed by atoms with Crippen molar-refractivity contribution in [1.82, 2.24) is 15.3 Å². The Morgan fingerprint density at radius 3 is 2.47 bits per heavy atom. The molecule has 188 valence electrons. The maximum absolute atomic E-state index is 12.7. The van der Waals surface area contributed by atoms with Gasteiger partial charge in [-0.2, -0.15) is 0 Å². The highest BCUT2D eigenvalue weighted by molar-refractivity contribution is 7.98. The molecule has 1 atom stereocenters. The minimum Gasteiger partial charge on any atom is -0.356 e. The fraction of sp³-hybridized carbons (Fsp3) is 0.370. The van der Waals surface area contributed by atoms with E-state index >= 15 is 0 Å². The van der Waals surface area contributed by atoms with E-state index in [0.717, 1.165) is 42.9 Å². The lowest BCUT2D eigenvalue weighted by Crippen LogP contribution is -2.45. The average molecular weight is 525 g/mol. The van der Waals surface area contributed by atoms with Gasteiger partial charge >= 0.3 is 0 Å². The minimum absolute atomic E-state index is 0.0632. The van der Waals surface area contributed by atoms with Crippen molar-refractivity contribution in [3.8, 4) is 0 Å². The van der Waals surface area contributed by atoms with Crippen molar-refractivity contribution < 1.29 is 14.3 Å². The van der Waals surface area contributed by atoms with Gasteiger partial charge in [0, 0.05) is 43.3 Å². The van der Waals surface area contributed by atoms with E-state index in [1.807, 2.05) is 67.6 Å². The predicted molar refractivity (Wildman–Crippen MR) is 141 cm³/mol. The van der Waals surface area contributed by atoms with Gasteiger partial charge in [-0.25, -0.2) is 9.97 Å². The van der Waals surface area contributed by atoms with Crippen molar-refractivity contribution in [3.63, 3.8) is 0 Å². The van der Waals surface area contributed by atoms with Crippen LogP contribution in [0.2, 0.25) is 5.15 Å². The molecule has 2 saturated heterocycles. The summed E-state index contributed by atoms with van der Waals surface area (Å²) < 4.78 is 11.7. The highest BCUT2D eigenvalue weighted by Gasteiger charge is 2.40. The van der Waals surface area contributed by atoms with E-state index in [-0.39, 0.29) is 11.9 Å². The van der Waals surface area contributed by atoms with Crippen LogP contribution in [0.25, 0.3) is 0 Å². The van der Waals surface area contributed by atoms with E-state index in [1.165, 1.54) is 11.8 Å². The molecule has 36 heavy (non-hydrogen) atoms. The van der Waals surface area contributed by atoms with E-state index in [9.17, 15) is 4.79 Å². The Bertz CT molecular complexity index is 1180. The van der Waals surface area contributed by atoms with E-state index in [1.54, 1.807) is 0 Å². The Morgan fingerprint density at radius 2 is 1.78 bits per heavy atom. The minimum atomic E-state index is -0.423. The molecule has 2 aliphatic heterocycles. The van der Waals surface area contributed by atoms with Crippen LogP contribution >= 0.6 is 23.4 Å². The van der Waals surface area contributed by atoms with Crippen LogP contribution in [0.3, 0.4) is 0 Å². The number of hydrogen-bond donors (Lipinski definition) is 1. The average Bonchev–Trinajstić information content (AvgIpc) is 3.36. The van der Waals surface area contributed by atoms with Crippen LogP contribution in [-0.4, -0.2) is 48.0 Å². The molecule has 2 fully saturated rings. The number of rotatable bonds is 7. The zero-order chi connectivity index (χ0) is 25.0. The molecule has 3 aromatic rings. The quantitative estimate of drug-likeness (QED) is 0.257. The van der Waals surface area contributed by atoms with Crippen LogP contribution in [0, 0.1) is 0 Å². The van der Waals surface area contributed by atoms with Crippen molar-refractivity contribution in [2.75, 3.05) is 31.2 Å². The van der Waals surface area contributed by atoms with Crippen molar-refractivity contribution in [2.24, 2.45) is 0 Å². The molecule has 5 rings (SSSR count). The van der Waals surface area contributed by atoms with Gasteiger partial charge in [0.2, 0.25) is 0 Å². The molecule has 0 radical (unpaired) electrons. The van der Waals surface area contributed by atoms with Gasteiger partial charge in [-0.3, -0.25) is 4.79 Å². The third kappa shape index (κ3) is 6.00. The van der Waals surface area contributed by atoms with Gasteiger partial charge < -0.3 is 19.7 Å². The number of halogens is 1. The fourth-order valence-corrected chi connectivity index (χ4v) is 5.52. The third-order valence-corrected chi connectivity index (χ3v) is 7.67. The number of nitrogens with zero attached hydrogens (tertiary/aromatic N) is 3. The number of amides is 1. The molecule has 7 nitrogen and oxygen atoms in total. The normalized spacial score (nSPS) is 17.8. The first-order chi connectivity index (χ1) is 17.5. The smallest absolute Gasteiger partial charge is 0.251 e. The maximum Gasteiger partial charge on any atom is 0.251 e. The molecule has 3 heterocycles. The van der Waals surface area contributed by atoms with Gasteiger partial charge in [0.25, 0.3) is 5.91 Å². The number of ether oxygens (including phenoxy) is 2. The summed E-state index contributed by atoms with van der Waals surface area (Å²) in [5, 5.41) is 4.11. The zero-order valence-corrected chi connectivity index (χ0v) is 21.7. The molecular formula is C27H29ClN4O3S. The first-order valence-electron chi connectivity index (χ1n) is 12.1. The third-order valence-electron chi connectivity index (χ3n) is 6.55. The molecular weight excluding hydrogens is 496 g/mol. The van der Waals surface area contributed by atoms with Crippen LogP contribution in [0.1, 0.15) is 47.3 Å². The van der Waals surface area contributed by atoms with Gasteiger partial charge in [-0.1, -0.05) is 65.8 Å². The van der Waals surface area contributed by atoms with Crippen LogP contribution in [0.4, 0.5) is 5.82 Å². The first-order valence-corrected chi connectivity index (χ1v) is 13.5. The first kappa shape index (κ1) is 25.0. The van der Waals surface area contributed by atoms with Gasteiger partial charge in [0.15, 0.2) is 10.9 Å². The second-order valence-electron chi connectivity index (χ2n) is 9.02. The Labute approximate surface area is 220 Å². The molecule has 1 unspecified atom stereocenters. The lowest BCUT2D eigenvalue weighted by atomic mass is 10.0. The second-order valence-corrected chi connectivity index (χ2v) is 10.3. The maximum atomic E-state index is 12.7. The van der Waals surface area contributed by atoms with Crippen LogP contribution in [0.5, 0.6) is 0 Å². The summed E-state index contributed by atoms with van der Waals surface area (Å²) in [5.41, 5.74) is 2.78. The van der Waals surface area contributed by atoms with Crippen molar-refractivity contribution in [3.05, 3.63) is 82.5 Å². The largest absolute Gasteiger partial charge is 0.356 e. The molecule has 1 N–H and O–H groups in total. The lowest BCUT2D eigenvalue weighted by Gasteiger charge is -2.38. The highest BCUT2D eigenvalue weighted by Crippen LogP contribution is 2.34. The Hall–Kier alpha value is -2.65. The molecule has 1 spiro atoms. The van der Waals surface area contributed by atoms with Gasteiger partial charge in [0.05, 0.1) is 19.3 Å². The molecule has 1 aromatic heterocycles. The number of carbonyl (C=O) groups is 1. The highest BCUT2D eigenvalue weighted by atomic mass is 35.5. The van der Waals surface area contributed by atoms with Crippen molar-refractivity contribution in [2.45, 2.75) is 42.5 Å². The summed E-state index contributed by atoms with van der Waals surface area (Å²) in [4.78, 5) is 24.0. The van der Waals surface area contributed by atoms with Gasteiger partial charge in [-0.15, -0.1) is 0 Å². The molecule has 0 aliphatic carbocycles. The lowest BCUT2D eigenvalue weighted by molar-refractivity contribution is -0.169. The number of thioether (sulfide) groups is 1. The fourth-order valence-electron chi connectivity index (χ4n) is 4.48. The number of nitrogens with one attached hydrogen (secondary N) is 1. The number of aromatic nitrogens is 2. The number of benzene rings is 2. The summed E-state index contributed by atoms with van der Waals surface area (Å²) >= 11 is 7.85. The summed E-state index contributed by atoms with van der Waals surface area (Å²) in [6.45, 7) is 4.90. The number of piperidine rings is 1. The van der Waals surface area contributed by atoms with E-state index in [2.05, 4.69) is 15.2 Å². The molecule has 0 bridgehead atoms. The molecule has 0 saturated carbocycles. The summed E-state index contributed by atoms with van der Waals surface area (Å²) in [5.74, 6) is 0.982. The Kier molecular flexibility index (Phi) is 7.76. The van der Waals surface area contributed by atoms with Crippen LogP contribution in [0.15, 0.2) is 65.8 Å². The SMILES string of the molecule is CC(NC(=O)c1ccc(CSc2nc(Cl)cc(N3CCC4(CC3)OCCO4)n2)cc1)c1ccccc1. The Balaban J connectivity index is 1.16. The molecule has 9 heteroatoms. The molecule has 1 amide bonds. The van der Waals surface area contributed by atoms with E-state index < -0.39 is 5.79 Å². The van der Waals surface area contributed by atoms with Crippen LogP contribution < -0.4 is 10.2 Å². The number of hydrogen-bond acceptors (Lipinski definition) is 7. The molecule has 2 aromatic carbocycles. The van der Waals surface area contributed by atoms with E-state index in [4.69, 9.17) is 26.1 Å². The van der Waals surface area contributed by atoms with Crippen LogP contribution in [-0.2, 0) is 15.2 Å². The van der Waals surface area contributed by atoms with Crippen molar-refractivity contribution in [1.29, 1.82) is 0 Å². The zero-order valence-electron chi connectivity index (χ0n) is 20.2. The topological polar surface area (TPSA) is 76.6 Å². The predicted octanol–water partition coefficient (Wildman–Crippen LogP) is 5.26. The number of anilines is 1. The number of carbonyl (C=O) groups excluding carboxylic acids is 1. The second kappa shape index (κ2) is 11.2. The van der Waals surface area contributed by atoms with Crippen molar-refractivity contribution >= 4 is 35.1 Å². The van der Waals surface area contributed by atoms with Gasteiger partial charge in [-0.05, 0) is 30.2 Å². The Morgan fingerprint density at radius 1 is 1.08 bits per heavy atom. The molecule has 2 aliphatic rings. The van der Waals surface area contributed by atoms with Gasteiger partial charge in [0.1, 0.15) is 11.0 Å². The van der Waals surface area contributed by atoms with E-state index in [0.29, 0.717) is 34.8 Å². The standard InChI is InChI=1S/C27H29ClN4O3S/c1-19(21-5-3-2-4-6-21)29-25(33)22-9-7-20(8-10-22)18-36-26-30-23(28)17-24(31-26)32-13-11-27(12-14-32)34-15-16-35-27/h2-10,17,19H,11-16,18H2,1H3,(H,29,33). The monoisotopic (exact) mass is 524 g/mol.